The minimum Gasteiger partial charge on any atom is -0.335 e. The molecule has 0 radical (unpaired) electrons. The fourth-order valence-corrected chi connectivity index (χ4v) is 3.95. The zero-order valence-corrected chi connectivity index (χ0v) is 16.3. The van der Waals surface area contributed by atoms with Crippen LogP contribution in [0.25, 0.3) is 0 Å². The number of benzene rings is 2. The number of quaternary nitrogens is 1. The average molecular weight is 390 g/mol. The molecule has 2 aromatic rings. The normalized spacial score (nSPS) is 16.1. The van der Waals surface area contributed by atoms with Gasteiger partial charge in [0.15, 0.2) is 0 Å². The average Bonchev–Trinajstić information content (AvgIpc) is 2.65. The quantitative estimate of drug-likeness (QED) is 0.686. The summed E-state index contributed by atoms with van der Waals surface area (Å²) in [6.07, 6.45) is 0. The van der Waals surface area contributed by atoms with E-state index in [1.165, 1.54) is 17.0 Å². The summed E-state index contributed by atoms with van der Waals surface area (Å²) in [6, 6.07) is 13.1. The highest BCUT2D eigenvalue weighted by molar-refractivity contribution is 7.92. The molecule has 2 aromatic carbocycles. The number of carbonyl (C=O) groups is 1. The second kappa shape index (κ2) is 8.08. The van der Waals surface area contributed by atoms with Gasteiger partial charge in [-0.2, -0.15) is 0 Å². The van der Waals surface area contributed by atoms with Crippen molar-refractivity contribution in [2.45, 2.75) is 11.8 Å². The van der Waals surface area contributed by atoms with E-state index in [-0.39, 0.29) is 10.8 Å². The van der Waals surface area contributed by atoms with E-state index in [1.807, 2.05) is 24.1 Å². The van der Waals surface area contributed by atoms with E-state index in [4.69, 9.17) is 0 Å². The minimum atomic E-state index is -3.77. The van der Waals surface area contributed by atoms with Crippen LogP contribution in [0.2, 0.25) is 0 Å². The number of sulfonamides is 1. The molecule has 1 aliphatic heterocycles. The Morgan fingerprint density at radius 2 is 1.74 bits per heavy atom. The molecule has 0 bridgehead atoms. The Morgan fingerprint density at radius 3 is 2.41 bits per heavy atom. The molecule has 8 heteroatoms. The maximum absolute atomic E-state index is 12.6. The largest absolute Gasteiger partial charge is 0.335 e. The molecule has 7 nitrogen and oxygen atoms in total. The molecule has 0 unspecified atom stereocenters. The first-order valence-corrected chi connectivity index (χ1v) is 10.4. The summed E-state index contributed by atoms with van der Waals surface area (Å²) in [6.45, 7) is 5.38. The number of nitrogens with one attached hydrogen (secondary N) is 3. The lowest BCUT2D eigenvalue weighted by Crippen LogP contribution is -3.12. The van der Waals surface area contributed by atoms with Crippen molar-refractivity contribution in [1.82, 2.24) is 10.4 Å². The number of aryl methyl sites for hydroxylation is 1. The molecule has 27 heavy (non-hydrogen) atoms. The number of hydrazine groups is 1. The van der Waals surface area contributed by atoms with Crippen LogP contribution >= 0.6 is 0 Å². The Morgan fingerprint density at radius 1 is 1.07 bits per heavy atom. The molecule has 0 aromatic heterocycles. The van der Waals surface area contributed by atoms with E-state index in [0.29, 0.717) is 11.3 Å². The van der Waals surface area contributed by atoms with Crippen molar-refractivity contribution in [3.05, 3.63) is 59.7 Å². The van der Waals surface area contributed by atoms with Gasteiger partial charge in [-0.3, -0.25) is 14.9 Å². The van der Waals surface area contributed by atoms with Crippen LogP contribution in [0.15, 0.2) is 53.4 Å². The zero-order valence-electron chi connectivity index (χ0n) is 15.5. The molecule has 1 aliphatic rings. The van der Waals surface area contributed by atoms with Gasteiger partial charge in [-0.05, 0) is 37.3 Å². The van der Waals surface area contributed by atoms with E-state index in [1.54, 1.807) is 24.3 Å². The Bertz CT molecular complexity index is 905. The van der Waals surface area contributed by atoms with Gasteiger partial charge in [0.05, 0.1) is 38.1 Å². The molecule has 144 valence electrons. The Hall–Kier alpha value is -2.42. The second-order valence-electron chi connectivity index (χ2n) is 6.88. The third-order valence-corrected chi connectivity index (χ3v) is 5.97. The van der Waals surface area contributed by atoms with Crippen LogP contribution in [-0.2, 0) is 10.0 Å². The summed E-state index contributed by atoms with van der Waals surface area (Å²) < 4.78 is 27.8. The van der Waals surface area contributed by atoms with Crippen LogP contribution < -0.4 is 15.0 Å². The number of hydrogen-bond donors (Lipinski definition) is 3. The maximum atomic E-state index is 12.6. The van der Waals surface area contributed by atoms with Gasteiger partial charge >= 0.3 is 0 Å². The van der Waals surface area contributed by atoms with Gasteiger partial charge in [0.2, 0.25) is 0 Å². The SMILES string of the molecule is Cc1ccc(NS(=O)(=O)c2cccc(C(=O)NN3CC[NH+](C)CC3)c2)cc1. The maximum Gasteiger partial charge on any atom is 0.265 e. The first-order chi connectivity index (χ1) is 12.8. The van der Waals surface area contributed by atoms with E-state index < -0.39 is 10.0 Å². The number of likely N-dealkylation sites (N-methyl/N-ethyl adjacent to an activating group) is 1. The van der Waals surface area contributed by atoms with E-state index >= 15 is 0 Å². The van der Waals surface area contributed by atoms with Crippen molar-refractivity contribution >= 4 is 21.6 Å². The summed E-state index contributed by atoms with van der Waals surface area (Å²) in [4.78, 5) is 14.0. The van der Waals surface area contributed by atoms with Crippen molar-refractivity contribution in [3.63, 3.8) is 0 Å². The van der Waals surface area contributed by atoms with Gasteiger partial charge in [0, 0.05) is 11.3 Å². The van der Waals surface area contributed by atoms with Crippen molar-refractivity contribution in [3.8, 4) is 0 Å². The van der Waals surface area contributed by atoms with Gasteiger partial charge in [-0.15, -0.1) is 0 Å². The number of rotatable bonds is 5. The third-order valence-electron chi connectivity index (χ3n) is 4.59. The van der Waals surface area contributed by atoms with Crippen LogP contribution in [0.1, 0.15) is 15.9 Å². The molecule has 1 amide bonds. The van der Waals surface area contributed by atoms with Gasteiger partial charge in [-0.25, -0.2) is 13.4 Å². The smallest absolute Gasteiger partial charge is 0.265 e. The summed E-state index contributed by atoms with van der Waals surface area (Å²) >= 11 is 0. The molecular weight excluding hydrogens is 364 g/mol. The fraction of sp³-hybridized carbons (Fsp3) is 0.316. The van der Waals surface area contributed by atoms with Crippen LogP contribution in [0.4, 0.5) is 5.69 Å². The molecule has 3 rings (SSSR count). The first kappa shape index (κ1) is 19.3. The fourth-order valence-electron chi connectivity index (χ4n) is 2.85. The molecule has 1 saturated heterocycles. The molecule has 0 aliphatic carbocycles. The van der Waals surface area contributed by atoms with Crippen molar-refractivity contribution in [2.75, 3.05) is 37.9 Å². The molecule has 1 heterocycles. The molecule has 3 N–H and O–H groups in total. The minimum absolute atomic E-state index is 0.0542. The van der Waals surface area contributed by atoms with Crippen molar-refractivity contribution < 1.29 is 18.1 Å². The summed E-state index contributed by atoms with van der Waals surface area (Å²) in [7, 11) is -1.65. The monoisotopic (exact) mass is 389 g/mol. The van der Waals surface area contributed by atoms with Crippen LogP contribution in [0.3, 0.4) is 0 Å². The zero-order chi connectivity index (χ0) is 19.4. The van der Waals surface area contributed by atoms with Crippen LogP contribution in [0.5, 0.6) is 0 Å². The summed E-state index contributed by atoms with van der Waals surface area (Å²) in [5.41, 5.74) is 4.69. The highest BCUT2D eigenvalue weighted by atomic mass is 32.2. The van der Waals surface area contributed by atoms with E-state index in [2.05, 4.69) is 17.2 Å². The lowest BCUT2D eigenvalue weighted by atomic mass is 10.2. The van der Waals surface area contributed by atoms with E-state index in [0.717, 1.165) is 31.7 Å². The topological polar surface area (TPSA) is 82.9 Å². The van der Waals surface area contributed by atoms with Crippen LogP contribution in [-0.4, -0.2) is 52.6 Å². The summed E-state index contributed by atoms with van der Waals surface area (Å²) in [5.74, 6) is -0.304. The molecular formula is C19H25N4O3S+. The van der Waals surface area contributed by atoms with Crippen molar-refractivity contribution in [1.29, 1.82) is 0 Å². The molecule has 0 spiro atoms. The highest BCUT2D eigenvalue weighted by Gasteiger charge is 2.20. The number of piperazine rings is 1. The van der Waals surface area contributed by atoms with Gasteiger partial charge < -0.3 is 4.90 Å². The number of nitrogens with zero attached hydrogens (tertiary/aromatic N) is 1. The second-order valence-corrected chi connectivity index (χ2v) is 8.57. The molecule has 0 saturated carbocycles. The van der Waals surface area contributed by atoms with Crippen molar-refractivity contribution in [2.24, 2.45) is 0 Å². The summed E-state index contributed by atoms with van der Waals surface area (Å²) in [5, 5.41) is 1.88. The Balaban J connectivity index is 1.72. The lowest BCUT2D eigenvalue weighted by molar-refractivity contribution is -0.884. The van der Waals surface area contributed by atoms with Gasteiger partial charge in [0.25, 0.3) is 15.9 Å². The number of amides is 1. The number of anilines is 1. The Kier molecular flexibility index (Phi) is 5.79. The number of carbonyl (C=O) groups excluding carboxylic acids is 1. The third kappa shape index (κ3) is 5.06. The van der Waals surface area contributed by atoms with Gasteiger partial charge in [0.1, 0.15) is 0 Å². The molecule has 0 atom stereocenters. The van der Waals surface area contributed by atoms with Gasteiger partial charge in [-0.1, -0.05) is 23.8 Å². The lowest BCUT2D eigenvalue weighted by Gasteiger charge is -2.30. The predicted octanol–water partition coefficient (Wildman–Crippen LogP) is 0.271. The standard InChI is InChI=1S/C19H24N4O3S/c1-15-6-8-17(9-7-15)21-27(25,26)18-5-3-4-16(14-18)19(24)20-23-12-10-22(2)11-13-23/h3-9,14,21H,10-13H2,1-2H3,(H,20,24)/p+1. The predicted molar refractivity (Wildman–Crippen MR) is 104 cm³/mol. The first-order valence-electron chi connectivity index (χ1n) is 8.90. The number of hydrogen-bond acceptors (Lipinski definition) is 4. The Labute approximate surface area is 160 Å². The van der Waals surface area contributed by atoms with Crippen LogP contribution in [0, 0.1) is 6.92 Å². The molecule has 1 fully saturated rings. The van der Waals surface area contributed by atoms with E-state index in [9.17, 15) is 13.2 Å². The highest BCUT2D eigenvalue weighted by Crippen LogP contribution is 2.17.